The van der Waals surface area contributed by atoms with Crippen molar-refractivity contribution in [3.8, 4) is 0 Å². The van der Waals surface area contributed by atoms with Crippen LogP contribution in [0.25, 0.3) is 0 Å². The molecular weight excluding hydrogens is 274 g/mol. The Morgan fingerprint density at radius 1 is 1.35 bits per heavy atom. The molecule has 1 heterocycles. The van der Waals surface area contributed by atoms with Gasteiger partial charge in [-0.2, -0.15) is 0 Å². The molecule has 1 aliphatic rings. The quantitative estimate of drug-likeness (QED) is 0.809. The van der Waals surface area contributed by atoms with Gasteiger partial charge in [0, 0.05) is 19.2 Å². The summed E-state index contributed by atoms with van der Waals surface area (Å²) in [6.07, 6.45) is 5.36. The zero-order valence-corrected chi connectivity index (χ0v) is 13.1. The summed E-state index contributed by atoms with van der Waals surface area (Å²) in [4.78, 5) is 8.62. The number of aromatic nitrogens is 2. The summed E-state index contributed by atoms with van der Waals surface area (Å²) in [6, 6.07) is 1.78. The molecule has 0 saturated heterocycles. The van der Waals surface area contributed by atoms with Crippen LogP contribution < -0.4 is 5.32 Å². The number of nitrogens with zero attached hydrogens (tertiary/aromatic N) is 2. The predicted octanol–water partition coefficient (Wildman–Crippen LogP) is 3.90. The molecule has 20 heavy (non-hydrogen) atoms. The number of hydrogen-bond acceptors (Lipinski definition) is 4. The number of anilines is 1. The van der Waals surface area contributed by atoms with Crippen molar-refractivity contribution in [3.05, 3.63) is 17.0 Å². The van der Waals surface area contributed by atoms with Crippen LogP contribution in [-0.4, -0.2) is 23.1 Å². The highest BCUT2D eigenvalue weighted by molar-refractivity contribution is 6.29. The molecule has 4 nitrogen and oxygen atoms in total. The van der Waals surface area contributed by atoms with Gasteiger partial charge < -0.3 is 10.1 Å². The van der Waals surface area contributed by atoms with Gasteiger partial charge in [0.05, 0.1) is 0 Å². The van der Waals surface area contributed by atoms with Crippen molar-refractivity contribution in [1.82, 2.24) is 9.97 Å². The molecule has 5 heteroatoms. The first-order valence-corrected chi connectivity index (χ1v) is 7.92. The van der Waals surface area contributed by atoms with Crippen molar-refractivity contribution < 1.29 is 4.74 Å². The van der Waals surface area contributed by atoms with Crippen molar-refractivity contribution in [1.29, 1.82) is 0 Å². The minimum atomic E-state index is 0.408. The first kappa shape index (κ1) is 15.5. The van der Waals surface area contributed by atoms with Gasteiger partial charge in [0.2, 0.25) is 0 Å². The second-order valence-electron chi connectivity index (χ2n) is 5.53. The highest BCUT2D eigenvalue weighted by Crippen LogP contribution is 2.29. The van der Waals surface area contributed by atoms with Crippen LogP contribution >= 0.6 is 11.6 Å². The summed E-state index contributed by atoms with van der Waals surface area (Å²) in [6.45, 7) is 6.32. The Balaban J connectivity index is 1.92. The van der Waals surface area contributed by atoms with Crippen molar-refractivity contribution in [2.45, 2.75) is 46.1 Å². The van der Waals surface area contributed by atoms with E-state index in [1.54, 1.807) is 6.07 Å². The second-order valence-corrected chi connectivity index (χ2v) is 5.92. The van der Waals surface area contributed by atoms with Crippen LogP contribution in [0.5, 0.6) is 0 Å². The molecule has 2 atom stereocenters. The monoisotopic (exact) mass is 297 g/mol. The van der Waals surface area contributed by atoms with Crippen molar-refractivity contribution >= 4 is 17.4 Å². The summed E-state index contributed by atoms with van der Waals surface area (Å²) in [5, 5.41) is 3.88. The lowest BCUT2D eigenvalue weighted by Gasteiger charge is -2.29. The van der Waals surface area contributed by atoms with Gasteiger partial charge in [-0.25, -0.2) is 9.97 Å². The number of rotatable bonds is 6. The number of hydrogen-bond donors (Lipinski definition) is 1. The lowest BCUT2D eigenvalue weighted by atomic mass is 9.80. The molecular formula is C15H24ClN3O. The molecule has 0 spiro atoms. The highest BCUT2D eigenvalue weighted by atomic mass is 35.5. The van der Waals surface area contributed by atoms with Gasteiger partial charge in [-0.15, -0.1) is 0 Å². The molecule has 0 bridgehead atoms. The summed E-state index contributed by atoms with van der Waals surface area (Å²) in [5.74, 6) is 2.96. The molecule has 0 aromatic carbocycles. The molecule has 1 N–H and O–H groups in total. The Morgan fingerprint density at radius 3 is 2.90 bits per heavy atom. The first-order chi connectivity index (χ1) is 9.69. The van der Waals surface area contributed by atoms with Gasteiger partial charge in [0.25, 0.3) is 0 Å². The average molecular weight is 298 g/mol. The fourth-order valence-corrected chi connectivity index (χ4v) is 2.95. The Labute approximate surface area is 126 Å². The Morgan fingerprint density at radius 2 is 2.15 bits per heavy atom. The fourth-order valence-electron chi connectivity index (χ4n) is 2.75. The molecule has 1 aliphatic carbocycles. The van der Waals surface area contributed by atoms with E-state index in [0.29, 0.717) is 24.2 Å². The molecule has 0 aliphatic heterocycles. The van der Waals surface area contributed by atoms with E-state index in [0.717, 1.165) is 24.2 Å². The van der Waals surface area contributed by atoms with Crippen molar-refractivity contribution in [2.75, 3.05) is 18.5 Å². The van der Waals surface area contributed by atoms with E-state index in [4.69, 9.17) is 16.3 Å². The van der Waals surface area contributed by atoms with E-state index in [1.807, 2.05) is 6.92 Å². The number of nitrogens with one attached hydrogen (secondary N) is 1. The summed E-state index contributed by atoms with van der Waals surface area (Å²) < 4.78 is 5.33. The molecule has 112 valence electrons. The Kier molecular flexibility index (Phi) is 6.05. The molecule has 1 aromatic rings. The predicted molar refractivity (Wildman–Crippen MR) is 82.0 cm³/mol. The van der Waals surface area contributed by atoms with Gasteiger partial charge in [-0.3, -0.25) is 0 Å². The van der Waals surface area contributed by atoms with Crippen LogP contribution in [0.4, 0.5) is 5.82 Å². The Hall–Kier alpha value is -0.870. The number of halogens is 1. The molecule has 2 unspecified atom stereocenters. The van der Waals surface area contributed by atoms with E-state index in [2.05, 4.69) is 22.2 Å². The Bertz CT molecular complexity index is 428. The van der Waals surface area contributed by atoms with E-state index in [9.17, 15) is 0 Å². The van der Waals surface area contributed by atoms with Crippen LogP contribution in [0.1, 0.15) is 45.4 Å². The smallest absolute Gasteiger partial charge is 0.158 e. The third kappa shape index (κ3) is 4.60. The van der Waals surface area contributed by atoms with Crippen LogP contribution in [0, 0.1) is 11.8 Å². The minimum Gasteiger partial charge on any atom is -0.374 e. The first-order valence-electron chi connectivity index (χ1n) is 7.54. The largest absolute Gasteiger partial charge is 0.374 e. The van der Waals surface area contributed by atoms with Gasteiger partial charge in [0.1, 0.15) is 17.6 Å². The summed E-state index contributed by atoms with van der Waals surface area (Å²) in [5.41, 5.74) is 0. The van der Waals surface area contributed by atoms with Crippen LogP contribution in [0.2, 0.25) is 5.15 Å². The normalized spacial score (nSPS) is 22.8. The van der Waals surface area contributed by atoms with E-state index >= 15 is 0 Å². The van der Waals surface area contributed by atoms with Crippen LogP contribution in [-0.2, 0) is 11.3 Å². The lowest BCUT2D eigenvalue weighted by molar-refractivity contribution is 0.128. The molecule has 1 saturated carbocycles. The summed E-state index contributed by atoms with van der Waals surface area (Å²) in [7, 11) is 0. The molecule has 1 aromatic heterocycles. The molecule has 0 radical (unpaired) electrons. The topological polar surface area (TPSA) is 47.0 Å². The number of ether oxygens (including phenoxy) is 1. The highest BCUT2D eigenvalue weighted by Gasteiger charge is 2.21. The standard InChI is InChI=1S/C15H24ClN3O/c1-3-20-10-15-18-13(16)8-14(19-15)17-9-12-7-5-4-6-11(12)2/h8,11-12H,3-7,9-10H2,1-2H3,(H,17,18,19). The van der Waals surface area contributed by atoms with Crippen molar-refractivity contribution in [3.63, 3.8) is 0 Å². The summed E-state index contributed by atoms with van der Waals surface area (Å²) >= 11 is 6.03. The van der Waals surface area contributed by atoms with Gasteiger partial charge in [-0.05, 0) is 25.2 Å². The maximum atomic E-state index is 6.03. The van der Waals surface area contributed by atoms with Crippen LogP contribution in [0.3, 0.4) is 0 Å². The zero-order chi connectivity index (χ0) is 14.4. The third-order valence-electron chi connectivity index (χ3n) is 4.01. The molecule has 2 rings (SSSR count). The van der Waals surface area contributed by atoms with Gasteiger partial charge in [0.15, 0.2) is 5.82 Å². The van der Waals surface area contributed by atoms with E-state index in [-0.39, 0.29) is 0 Å². The maximum Gasteiger partial charge on any atom is 0.158 e. The van der Waals surface area contributed by atoms with Gasteiger partial charge >= 0.3 is 0 Å². The average Bonchev–Trinajstić information content (AvgIpc) is 2.44. The lowest BCUT2D eigenvalue weighted by Crippen LogP contribution is -2.24. The second kappa shape index (κ2) is 7.79. The molecule has 1 fully saturated rings. The third-order valence-corrected chi connectivity index (χ3v) is 4.20. The van der Waals surface area contributed by atoms with E-state index < -0.39 is 0 Å². The molecule has 0 amide bonds. The van der Waals surface area contributed by atoms with Crippen molar-refractivity contribution in [2.24, 2.45) is 11.8 Å². The van der Waals surface area contributed by atoms with Crippen LogP contribution in [0.15, 0.2) is 6.07 Å². The minimum absolute atomic E-state index is 0.408. The maximum absolute atomic E-state index is 6.03. The van der Waals surface area contributed by atoms with Gasteiger partial charge in [-0.1, -0.05) is 37.8 Å². The fraction of sp³-hybridized carbons (Fsp3) is 0.733. The van der Waals surface area contributed by atoms with E-state index in [1.165, 1.54) is 25.7 Å². The zero-order valence-electron chi connectivity index (χ0n) is 12.4. The SMILES string of the molecule is CCOCc1nc(Cl)cc(NCC2CCCCC2C)n1.